The molecule has 3 aromatic carbocycles. The highest BCUT2D eigenvalue weighted by atomic mass is 16.5. The summed E-state index contributed by atoms with van der Waals surface area (Å²) in [5, 5.41) is 15.9. The summed E-state index contributed by atoms with van der Waals surface area (Å²) in [5.41, 5.74) is 2.64. The normalized spacial score (nSPS) is 16.1. The fraction of sp³-hybridized carbons (Fsp3) is 0.357. The van der Waals surface area contributed by atoms with E-state index in [1.807, 2.05) is 63.2 Å². The molecule has 290 valence electrons. The molecule has 4 atom stereocenters. The van der Waals surface area contributed by atoms with Gasteiger partial charge in [-0.25, -0.2) is 9.78 Å². The van der Waals surface area contributed by atoms with E-state index in [2.05, 4.69) is 10.6 Å². The average Bonchev–Trinajstić information content (AvgIpc) is 3.62. The summed E-state index contributed by atoms with van der Waals surface area (Å²) in [5.74, 6) is -2.28. The minimum atomic E-state index is -1.19. The van der Waals surface area contributed by atoms with Crippen molar-refractivity contribution >= 4 is 40.3 Å². The quantitative estimate of drug-likeness (QED) is 0.128. The van der Waals surface area contributed by atoms with Crippen LogP contribution >= 0.6 is 0 Å². The van der Waals surface area contributed by atoms with E-state index in [-0.39, 0.29) is 30.9 Å². The van der Waals surface area contributed by atoms with Gasteiger partial charge in [-0.3, -0.25) is 14.4 Å². The molecule has 0 spiro atoms. The third-order valence-electron chi connectivity index (χ3n) is 9.62. The molecule has 0 radical (unpaired) electrons. The zero-order valence-corrected chi connectivity index (χ0v) is 32.1. The number of anilines is 1. The lowest BCUT2D eigenvalue weighted by Crippen LogP contribution is -2.52. The molecule has 3 unspecified atom stereocenters. The molecule has 3 amide bonds. The molecular formula is C42H48N4O9. The van der Waals surface area contributed by atoms with Crippen LogP contribution in [0.2, 0.25) is 0 Å². The van der Waals surface area contributed by atoms with Crippen molar-refractivity contribution in [2.45, 2.75) is 58.7 Å². The van der Waals surface area contributed by atoms with E-state index in [0.717, 1.165) is 5.56 Å². The second-order valence-corrected chi connectivity index (χ2v) is 13.4. The lowest BCUT2D eigenvalue weighted by Gasteiger charge is -2.30. The third-order valence-corrected chi connectivity index (χ3v) is 9.62. The van der Waals surface area contributed by atoms with E-state index in [4.69, 9.17) is 23.9 Å². The smallest absolute Gasteiger partial charge is 0.326 e. The standard InChI is InChI=1S/C42H48N4O9/c1-8-32(42(50)51)44-39(47)30-19-28(55-37-23-33(25-13-11-10-12-14-25)43-34-21-26(52-5)15-17-29(34)37)20-31(30)40(48)45-38(24(3)4)41(49)46(9-2)35-22-27(53-6)16-18-36(35)54-7/h10-18,20-24,28,30,32,38H,8-9,19H2,1-7H3,(H,44,47)(H,45,48)(H,50,51)/t28?,30?,32-,38?/m0/s1. The molecule has 0 fully saturated rings. The van der Waals surface area contributed by atoms with Crippen molar-refractivity contribution in [3.05, 3.63) is 84.4 Å². The Bertz CT molecular complexity index is 2070. The number of carboxylic acids is 1. The zero-order valence-electron chi connectivity index (χ0n) is 32.1. The van der Waals surface area contributed by atoms with Gasteiger partial charge in [0.05, 0.1) is 44.1 Å². The Morgan fingerprint density at radius 3 is 2.18 bits per heavy atom. The van der Waals surface area contributed by atoms with E-state index >= 15 is 0 Å². The average molecular weight is 753 g/mol. The molecule has 0 saturated heterocycles. The van der Waals surface area contributed by atoms with E-state index in [1.54, 1.807) is 50.4 Å². The SMILES string of the molecule is CC[C@H](NC(=O)C1CC(Oc2cc(-c3ccccc3)nc3cc(OC)ccc23)C=C1C(=O)NC(C(=O)N(CC)c1cc(OC)ccc1OC)C(C)C)C(=O)O. The fourth-order valence-corrected chi connectivity index (χ4v) is 6.60. The van der Waals surface area contributed by atoms with Crippen molar-refractivity contribution in [2.75, 3.05) is 32.8 Å². The predicted octanol–water partition coefficient (Wildman–Crippen LogP) is 5.79. The van der Waals surface area contributed by atoms with Crippen LogP contribution in [0.4, 0.5) is 5.69 Å². The van der Waals surface area contributed by atoms with E-state index in [0.29, 0.717) is 45.3 Å². The lowest BCUT2D eigenvalue weighted by molar-refractivity contribution is -0.142. The summed E-state index contributed by atoms with van der Waals surface area (Å²) in [6.45, 7) is 7.34. The molecule has 1 aliphatic carbocycles. The van der Waals surface area contributed by atoms with Gasteiger partial charge < -0.3 is 39.6 Å². The number of hydrogen-bond acceptors (Lipinski definition) is 9. The maximum atomic E-state index is 14.3. The van der Waals surface area contributed by atoms with Crippen molar-refractivity contribution < 1.29 is 43.2 Å². The maximum absolute atomic E-state index is 14.3. The number of benzene rings is 3. The van der Waals surface area contributed by atoms with Gasteiger partial charge in [-0.15, -0.1) is 0 Å². The molecule has 13 heteroatoms. The molecule has 0 aliphatic heterocycles. The van der Waals surface area contributed by atoms with Gasteiger partial charge in [0, 0.05) is 47.7 Å². The summed E-state index contributed by atoms with van der Waals surface area (Å²) in [6.07, 6.45) is 0.967. The molecular weight excluding hydrogens is 704 g/mol. The topological polar surface area (TPSA) is 166 Å². The molecule has 1 aromatic heterocycles. The first-order valence-corrected chi connectivity index (χ1v) is 18.2. The number of carboxylic acid groups (broad SMARTS) is 1. The molecule has 55 heavy (non-hydrogen) atoms. The number of nitrogens with zero attached hydrogens (tertiary/aromatic N) is 2. The highest BCUT2D eigenvalue weighted by molar-refractivity contribution is 6.06. The zero-order chi connectivity index (χ0) is 39.8. The van der Waals surface area contributed by atoms with E-state index in [9.17, 15) is 24.3 Å². The van der Waals surface area contributed by atoms with Gasteiger partial charge in [0.15, 0.2) is 0 Å². The molecule has 5 rings (SSSR count). The lowest BCUT2D eigenvalue weighted by atomic mass is 9.96. The number of likely N-dealkylation sites (N-methyl/N-ethyl adjacent to an activating group) is 1. The fourth-order valence-electron chi connectivity index (χ4n) is 6.60. The maximum Gasteiger partial charge on any atom is 0.326 e. The largest absolute Gasteiger partial charge is 0.497 e. The van der Waals surface area contributed by atoms with Crippen molar-refractivity contribution in [3.63, 3.8) is 0 Å². The van der Waals surface area contributed by atoms with Crippen LogP contribution in [0, 0.1) is 11.8 Å². The monoisotopic (exact) mass is 752 g/mol. The van der Waals surface area contributed by atoms with Crippen molar-refractivity contribution in [1.82, 2.24) is 15.6 Å². The summed E-state index contributed by atoms with van der Waals surface area (Å²) in [7, 11) is 4.60. The minimum absolute atomic E-state index is 0.0354. The van der Waals surface area contributed by atoms with Gasteiger partial charge in [0.2, 0.25) is 17.7 Å². The number of fused-ring (bicyclic) bond motifs is 1. The number of rotatable bonds is 16. The number of pyridine rings is 1. The second kappa shape index (κ2) is 17.8. The van der Waals surface area contributed by atoms with Crippen molar-refractivity contribution in [2.24, 2.45) is 11.8 Å². The van der Waals surface area contributed by atoms with Crippen LogP contribution in [0.3, 0.4) is 0 Å². The van der Waals surface area contributed by atoms with Gasteiger partial charge in [-0.2, -0.15) is 0 Å². The molecule has 4 aromatic rings. The van der Waals surface area contributed by atoms with Crippen LogP contribution < -0.4 is 34.5 Å². The number of methoxy groups -OCH3 is 3. The van der Waals surface area contributed by atoms with Crippen LogP contribution in [0.1, 0.15) is 40.5 Å². The molecule has 13 nitrogen and oxygen atoms in total. The Morgan fingerprint density at radius 2 is 1.56 bits per heavy atom. The summed E-state index contributed by atoms with van der Waals surface area (Å²) in [4.78, 5) is 60.6. The summed E-state index contributed by atoms with van der Waals surface area (Å²) < 4.78 is 23.0. The van der Waals surface area contributed by atoms with Crippen molar-refractivity contribution in [1.29, 1.82) is 0 Å². The van der Waals surface area contributed by atoms with Crippen LogP contribution in [0.25, 0.3) is 22.2 Å². The number of hydrogen-bond donors (Lipinski definition) is 3. The first kappa shape index (κ1) is 40.1. The molecule has 1 heterocycles. The summed E-state index contributed by atoms with van der Waals surface area (Å²) in [6, 6.07) is 19.8. The van der Waals surface area contributed by atoms with Crippen LogP contribution in [0.15, 0.2) is 84.4 Å². The molecule has 1 aliphatic rings. The molecule has 0 bridgehead atoms. The Balaban J connectivity index is 1.51. The molecule has 0 saturated carbocycles. The van der Waals surface area contributed by atoms with Crippen LogP contribution in [-0.2, 0) is 19.2 Å². The van der Waals surface area contributed by atoms with E-state index in [1.165, 1.54) is 19.1 Å². The number of aliphatic carboxylic acids is 1. The number of carbonyl (C=O) groups excluding carboxylic acids is 3. The Labute approximate surface area is 320 Å². The number of nitrogens with one attached hydrogen (secondary N) is 2. The summed E-state index contributed by atoms with van der Waals surface area (Å²) >= 11 is 0. The van der Waals surface area contributed by atoms with Crippen LogP contribution in [-0.4, -0.2) is 79.8 Å². The predicted molar refractivity (Wildman–Crippen MR) is 209 cm³/mol. The van der Waals surface area contributed by atoms with Gasteiger partial charge in [0.1, 0.15) is 41.2 Å². The highest BCUT2D eigenvalue weighted by Crippen LogP contribution is 2.37. The van der Waals surface area contributed by atoms with Gasteiger partial charge >= 0.3 is 5.97 Å². The van der Waals surface area contributed by atoms with E-state index < -0.39 is 47.8 Å². The number of aromatic nitrogens is 1. The second-order valence-electron chi connectivity index (χ2n) is 13.4. The minimum Gasteiger partial charge on any atom is -0.497 e. The number of ether oxygens (including phenoxy) is 4. The van der Waals surface area contributed by atoms with Gasteiger partial charge in [-0.05, 0) is 49.6 Å². The third kappa shape index (κ3) is 8.99. The Morgan fingerprint density at radius 1 is 0.873 bits per heavy atom. The first-order chi connectivity index (χ1) is 26.4. The number of carbonyl (C=O) groups is 4. The number of amides is 3. The Kier molecular flexibility index (Phi) is 13.0. The van der Waals surface area contributed by atoms with Gasteiger partial charge in [-0.1, -0.05) is 51.1 Å². The van der Waals surface area contributed by atoms with Crippen LogP contribution in [0.5, 0.6) is 23.0 Å². The molecule has 3 N–H and O–H groups in total. The van der Waals surface area contributed by atoms with Gasteiger partial charge in [0.25, 0.3) is 0 Å². The first-order valence-electron chi connectivity index (χ1n) is 18.2. The van der Waals surface area contributed by atoms with Crippen molar-refractivity contribution in [3.8, 4) is 34.3 Å². The highest BCUT2D eigenvalue weighted by Gasteiger charge is 2.40. The Hall–Kier alpha value is -6.11.